The lowest BCUT2D eigenvalue weighted by atomic mass is 9.88. The maximum Gasteiger partial charge on any atom is 0.121 e. The van der Waals surface area contributed by atoms with Crippen LogP contribution < -0.4 is 10.5 Å². The highest BCUT2D eigenvalue weighted by atomic mass is 16.5. The summed E-state index contributed by atoms with van der Waals surface area (Å²) in [4.78, 5) is 0. The molecule has 0 fully saturated rings. The van der Waals surface area contributed by atoms with Gasteiger partial charge in [-0.25, -0.2) is 0 Å². The van der Waals surface area contributed by atoms with Crippen LogP contribution in [-0.4, -0.2) is 0 Å². The summed E-state index contributed by atoms with van der Waals surface area (Å²) >= 11 is 0. The molecular weight excluding hydrogens is 246 g/mol. The number of hydrogen-bond acceptors (Lipinski definition) is 2. The van der Waals surface area contributed by atoms with E-state index in [1.165, 1.54) is 23.1 Å². The second kappa shape index (κ2) is 5.68. The third-order valence-corrected chi connectivity index (χ3v) is 4.06. The van der Waals surface area contributed by atoms with Gasteiger partial charge in [0.2, 0.25) is 0 Å². The number of rotatable bonds is 3. The Morgan fingerprint density at radius 2 is 1.95 bits per heavy atom. The van der Waals surface area contributed by atoms with Gasteiger partial charge in [-0.15, -0.1) is 0 Å². The summed E-state index contributed by atoms with van der Waals surface area (Å²) in [6, 6.07) is 16.8. The Kier molecular flexibility index (Phi) is 3.75. The summed E-state index contributed by atoms with van der Waals surface area (Å²) in [6.45, 7) is 2.08. The first-order valence-electron chi connectivity index (χ1n) is 7.34. The van der Waals surface area contributed by atoms with Crippen molar-refractivity contribution in [3.8, 4) is 5.75 Å². The zero-order chi connectivity index (χ0) is 13.9. The van der Waals surface area contributed by atoms with Gasteiger partial charge in [0.1, 0.15) is 11.9 Å². The zero-order valence-electron chi connectivity index (χ0n) is 11.9. The minimum atomic E-state index is 0.0501. The molecule has 2 nitrogen and oxygen atoms in total. The van der Waals surface area contributed by atoms with Gasteiger partial charge in [-0.05, 0) is 55.0 Å². The lowest BCUT2D eigenvalue weighted by molar-refractivity contribution is 0.226. The van der Waals surface area contributed by atoms with Crippen molar-refractivity contribution in [3.63, 3.8) is 0 Å². The molecule has 0 heterocycles. The molecule has 2 heteroatoms. The summed E-state index contributed by atoms with van der Waals surface area (Å²) < 4.78 is 6.06. The number of hydrogen-bond donors (Lipinski definition) is 1. The average Bonchev–Trinajstić information content (AvgIpc) is 2.49. The van der Waals surface area contributed by atoms with Gasteiger partial charge in [0.05, 0.1) is 0 Å². The quantitative estimate of drug-likeness (QED) is 0.906. The maximum atomic E-state index is 6.20. The van der Waals surface area contributed by atoms with Gasteiger partial charge in [0.25, 0.3) is 0 Å². The smallest absolute Gasteiger partial charge is 0.121 e. The van der Waals surface area contributed by atoms with Crippen molar-refractivity contribution in [2.24, 2.45) is 5.73 Å². The van der Waals surface area contributed by atoms with Crippen LogP contribution in [-0.2, 0) is 6.42 Å². The third kappa shape index (κ3) is 2.70. The molecule has 1 aliphatic rings. The van der Waals surface area contributed by atoms with Crippen molar-refractivity contribution >= 4 is 0 Å². The number of fused-ring (bicyclic) bond motifs is 1. The van der Waals surface area contributed by atoms with Crippen LogP contribution in [0.2, 0.25) is 0 Å². The van der Waals surface area contributed by atoms with E-state index in [1.54, 1.807) is 0 Å². The number of aryl methyl sites for hydroxylation is 1. The van der Waals surface area contributed by atoms with Crippen LogP contribution in [0.5, 0.6) is 5.75 Å². The van der Waals surface area contributed by atoms with Crippen LogP contribution in [0.1, 0.15) is 48.6 Å². The standard InChI is InChI=1S/C18H21NO/c1-13(14-6-3-2-4-7-14)20-16-11-10-15-8-5-9-18(19)17(15)12-16/h2-4,6-7,10-13,18H,5,8-9,19H2,1H3. The van der Waals surface area contributed by atoms with Gasteiger partial charge < -0.3 is 10.5 Å². The molecule has 0 aliphatic heterocycles. The van der Waals surface area contributed by atoms with Crippen molar-refractivity contribution in [1.82, 2.24) is 0 Å². The summed E-state index contributed by atoms with van der Waals surface area (Å²) in [5.41, 5.74) is 10.0. The van der Waals surface area contributed by atoms with E-state index in [-0.39, 0.29) is 12.1 Å². The van der Waals surface area contributed by atoms with Gasteiger partial charge in [-0.3, -0.25) is 0 Å². The lowest BCUT2D eigenvalue weighted by Crippen LogP contribution is -2.17. The van der Waals surface area contributed by atoms with Gasteiger partial charge in [0, 0.05) is 6.04 Å². The highest BCUT2D eigenvalue weighted by Crippen LogP contribution is 2.32. The van der Waals surface area contributed by atoms with E-state index >= 15 is 0 Å². The molecule has 2 atom stereocenters. The Morgan fingerprint density at radius 1 is 1.15 bits per heavy atom. The van der Waals surface area contributed by atoms with Crippen LogP contribution in [0.25, 0.3) is 0 Å². The second-order valence-electron chi connectivity index (χ2n) is 5.53. The van der Waals surface area contributed by atoms with Crippen molar-refractivity contribution in [1.29, 1.82) is 0 Å². The fourth-order valence-corrected chi connectivity index (χ4v) is 2.88. The normalized spacial score (nSPS) is 19.2. The molecule has 2 aromatic rings. The van der Waals surface area contributed by atoms with Gasteiger partial charge >= 0.3 is 0 Å². The maximum absolute atomic E-state index is 6.20. The first-order chi connectivity index (χ1) is 9.74. The summed E-state index contributed by atoms with van der Waals surface area (Å²) in [5, 5.41) is 0. The van der Waals surface area contributed by atoms with E-state index in [0.717, 1.165) is 18.6 Å². The van der Waals surface area contributed by atoms with Crippen LogP contribution >= 0.6 is 0 Å². The number of benzene rings is 2. The van der Waals surface area contributed by atoms with Crippen LogP contribution in [0.3, 0.4) is 0 Å². The molecule has 0 saturated heterocycles. The third-order valence-electron chi connectivity index (χ3n) is 4.06. The molecule has 1 aliphatic carbocycles. The van der Waals surface area contributed by atoms with Crippen molar-refractivity contribution in [3.05, 3.63) is 65.2 Å². The minimum absolute atomic E-state index is 0.0501. The molecular formula is C18H21NO. The molecule has 0 bridgehead atoms. The minimum Gasteiger partial charge on any atom is -0.486 e. The Bertz CT molecular complexity index is 579. The van der Waals surface area contributed by atoms with E-state index < -0.39 is 0 Å². The monoisotopic (exact) mass is 267 g/mol. The van der Waals surface area contributed by atoms with Crippen molar-refractivity contribution in [2.45, 2.75) is 38.3 Å². The van der Waals surface area contributed by atoms with Crippen molar-refractivity contribution < 1.29 is 4.74 Å². The number of nitrogens with two attached hydrogens (primary N) is 1. The molecule has 0 radical (unpaired) electrons. The topological polar surface area (TPSA) is 35.2 Å². The Morgan fingerprint density at radius 3 is 2.75 bits per heavy atom. The van der Waals surface area contributed by atoms with Crippen LogP contribution in [0.4, 0.5) is 0 Å². The van der Waals surface area contributed by atoms with E-state index in [9.17, 15) is 0 Å². The van der Waals surface area contributed by atoms with E-state index in [4.69, 9.17) is 10.5 Å². The number of ether oxygens (including phenoxy) is 1. The molecule has 20 heavy (non-hydrogen) atoms. The van der Waals surface area contributed by atoms with Crippen molar-refractivity contribution in [2.75, 3.05) is 0 Å². The Balaban J connectivity index is 1.80. The van der Waals surface area contributed by atoms with Gasteiger partial charge in [-0.1, -0.05) is 36.4 Å². The molecule has 3 rings (SSSR count). The highest BCUT2D eigenvalue weighted by molar-refractivity contribution is 5.39. The lowest BCUT2D eigenvalue weighted by Gasteiger charge is -2.23. The van der Waals surface area contributed by atoms with Crippen LogP contribution in [0, 0.1) is 0 Å². The Labute approximate surface area is 120 Å². The van der Waals surface area contributed by atoms with E-state index in [0.29, 0.717) is 0 Å². The first-order valence-corrected chi connectivity index (χ1v) is 7.34. The fraction of sp³-hybridized carbons (Fsp3) is 0.333. The van der Waals surface area contributed by atoms with Crippen LogP contribution in [0.15, 0.2) is 48.5 Å². The molecule has 0 aromatic heterocycles. The average molecular weight is 267 g/mol. The molecule has 0 spiro atoms. The summed E-state index contributed by atoms with van der Waals surface area (Å²) in [7, 11) is 0. The van der Waals surface area contributed by atoms with Gasteiger partial charge in [0.15, 0.2) is 0 Å². The molecule has 104 valence electrons. The molecule has 2 N–H and O–H groups in total. The second-order valence-corrected chi connectivity index (χ2v) is 5.53. The predicted octanol–water partition coefficient (Wildman–Crippen LogP) is 4.16. The van der Waals surface area contributed by atoms with E-state index in [2.05, 4.69) is 37.3 Å². The SMILES string of the molecule is CC(Oc1ccc2c(c1)C(N)CCC2)c1ccccc1. The Hall–Kier alpha value is -1.80. The highest BCUT2D eigenvalue weighted by Gasteiger charge is 2.18. The largest absolute Gasteiger partial charge is 0.486 e. The van der Waals surface area contributed by atoms with Gasteiger partial charge in [-0.2, -0.15) is 0 Å². The summed E-state index contributed by atoms with van der Waals surface area (Å²) in [6.07, 6.45) is 3.45. The first kappa shape index (κ1) is 13.2. The fourth-order valence-electron chi connectivity index (χ4n) is 2.88. The zero-order valence-corrected chi connectivity index (χ0v) is 11.9. The summed E-state index contributed by atoms with van der Waals surface area (Å²) in [5.74, 6) is 0.914. The molecule has 2 aromatic carbocycles. The predicted molar refractivity (Wildman–Crippen MR) is 81.8 cm³/mol. The molecule has 2 unspecified atom stereocenters. The van der Waals surface area contributed by atoms with E-state index in [1.807, 2.05) is 18.2 Å². The molecule has 0 amide bonds. The molecule has 0 saturated carbocycles.